The minimum atomic E-state index is -0.209. The first-order chi connectivity index (χ1) is 16.0. The molecule has 0 aliphatic rings. The number of nitrogens with one attached hydrogen (secondary N) is 1. The number of carbonyl (C=O) groups excluding carboxylic acids is 1. The van der Waals surface area contributed by atoms with E-state index in [9.17, 15) is 4.79 Å². The zero-order valence-electron chi connectivity index (χ0n) is 18.9. The number of hydrogen-bond acceptors (Lipinski definition) is 8. The lowest BCUT2D eigenvalue weighted by atomic mass is 10.1. The molecule has 2 heterocycles. The molecule has 0 saturated carbocycles. The molecule has 0 saturated heterocycles. The topological polar surface area (TPSA) is 109 Å². The number of amides is 1. The van der Waals surface area contributed by atoms with Gasteiger partial charge in [-0.05, 0) is 36.4 Å². The van der Waals surface area contributed by atoms with Gasteiger partial charge in [0.25, 0.3) is 5.78 Å². The van der Waals surface area contributed by atoms with Crippen LogP contribution in [0, 0.1) is 0 Å². The van der Waals surface area contributed by atoms with Gasteiger partial charge in [0.2, 0.25) is 11.7 Å². The molecule has 1 N–H and O–H groups in total. The van der Waals surface area contributed by atoms with Gasteiger partial charge in [-0.1, -0.05) is 0 Å². The Balaban J connectivity index is 1.85. The third-order valence-corrected chi connectivity index (χ3v) is 4.97. The molecule has 0 bridgehead atoms. The van der Waals surface area contributed by atoms with Crippen molar-refractivity contribution >= 4 is 17.4 Å². The van der Waals surface area contributed by atoms with Crippen molar-refractivity contribution in [1.82, 2.24) is 19.6 Å². The Morgan fingerprint density at radius 3 is 2.18 bits per heavy atom. The van der Waals surface area contributed by atoms with Crippen molar-refractivity contribution in [2.24, 2.45) is 0 Å². The number of methoxy groups -OCH3 is 4. The van der Waals surface area contributed by atoms with Gasteiger partial charge in [0, 0.05) is 24.2 Å². The Labute approximate surface area is 190 Å². The molecule has 4 aromatic rings. The molecule has 10 nitrogen and oxygen atoms in total. The van der Waals surface area contributed by atoms with Crippen LogP contribution in [-0.4, -0.2) is 53.9 Å². The van der Waals surface area contributed by atoms with E-state index in [1.165, 1.54) is 14.0 Å². The summed E-state index contributed by atoms with van der Waals surface area (Å²) in [4.78, 5) is 20.5. The number of rotatable bonds is 7. The summed E-state index contributed by atoms with van der Waals surface area (Å²) in [5, 5.41) is 7.43. The van der Waals surface area contributed by atoms with Crippen molar-refractivity contribution in [3.8, 4) is 45.6 Å². The van der Waals surface area contributed by atoms with Gasteiger partial charge < -0.3 is 24.3 Å². The maximum Gasteiger partial charge on any atom is 0.253 e. The Kier molecular flexibility index (Phi) is 5.99. The van der Waals surface area contributed by atoms with Crippen LogP contribution in [0.1, 0.15) is 6.92 Å². The first-order valence-electron chi connectivity index (χ1n) is 9.97. The second kappa shape index (κ2) is 9.03. The van der Waals surface area contributed by atoms with E-state index < -0.39 is 0 Å². The summed E-state index contributed by atoms with van der Waals surface area (Å²) >= 11 is 0. The zero-order chi connectivity index (χ0) is 23.5. The lowest BCUT2D eigenvalue weighted by Crippen LogP contribution is -2.07. The van der Waals surface area contributed by atoms with Crippen molar-refractivity contribution in [1.29, 1.82) is 0 Å². The SMILES string of the molecule is COc1ccc(-c2nc3nccc(-c4cc(OC)c(OC)c(OC)c4)n3n2)cc1NC(C)=O. The summed E-state index contributed by atoms with van der Waals surface area (Å²) in [6, 6.07) is 10.8. The van der Waals surface area contributed by atoms with Crippen LogP contribution < -0.4 is 24.3 Å². The Bertz CT molecular complexity index is 1310. The van der Waals surface area contributed by atoms with E-state index >= 15 is 0 Å². The number of aromatic nitrogens is 4. The second-order valence-corrected chi connectivity index (χ2v) is 6.99. The highest BCUT2D eigenvalue weighted by molar-refractivity contribution is 5.91. The van der Waals surface area contributed by atoms with E-state index in [2.05, 4.69) is 20.4 Å². The molecule has 0 atom stereocenters. The minimum Gasteiger partial charge on any atom is -0.495 e. The molecule has 33 heavy (non-hydrogen) atoms. The average molecular weight is 449 g/mol. The number of benzene rings is 2. The van der Waals surface area contributed by atoms with Gasteiger partial charge in [-0.3, -0.25) is 4.79 Å². The molecule has 2 aromatic carbocycles. The largest absolute Gasteiger partial charge is 0.495 e. The van der Waals surface area contributed by atoms with Crippen LogP contribution in [0.25, 0.3) is 28.4 Å². The molecule has 0 aliphatic carbocycles. The molecule has 0 spiro atoms. The van der Waals surface area contributed by atoms with Crippen LogP contribution in [0.4, 0.5) is 5.69 Å². The molecule has 2 aromatic heterocycles. The van der Waals surface area contributed by atoms with Crippen LogP contribution >= 0.6 is 0 Å². The summed E-state index contributed by atoms with van der Waals surface area (Å²) < 4.78 is 23.3. The van der Waals surface area contributed by atoms with Gasteiger partial charge in [0.15, 0.2) is 17.3 Å². The molecule has 4 rings (SSSR count). The third kappa shape index (κ3) is 4.10. The summed E-state index contributed by atoms with van der Waals surface area (Å²) in [5.74, 6) is 2.72. The maximum atomic E-state index is 11.6. The molecular formula is C23H23N5O5. The monoisotopic (exact) mass is 449 g/mol. The van der Waals surface area contributed by atoms with Crippen molar-refractivity contribution in [3.63, 3.8) is 0 Å². The van der Waals surface area contributed by atoms with Crippen molar-refractivity contribution < 1.29 is 23.7 Å². The van der Waals surface area contributed by atoms with E-state index in [0.717, 1.165) is 11.3 Å². The molecular weight excluding hydrogens is 426 g/mol. The zero-order valence-corrected chi connectivity index (χ0v) is 18.9. The Hall–Kier alpha value is -4.34. The highest BCUT2D eigenvalue weighted by atomic mass is 16.5. The normalized spacial score (nSPS) is 10.7. The molecule has 10 heteroatoms. The lowest BCUT2D eigenvalue weighted by Gasteiger charge is -2.14. The highest BCUT2D eigenvalue weighted by Gasteiger charge is 2.18. The van der Waals surface area contributed by atoms with Gasteiger partial charge in [-0.2, -0.15) is 9.50 Å². The quantitative estimate of drug-likeness (QED) is 0.457. The fourth-order valence-electron chi connectivity index (χ4n) is 3.50. The van der Waals surface area contributed by atoms with Crippen LogP contribution in [0.15, 0.2) is 42.6 Å². The lowest BCUT2D eigenvalue weighted by molar-refractivity contribution is -0.114. The van der Waals surface area contributed by atoms with Crippen LogP contribution in [0.3, 0.4) is 0 Å². The number of carbonyl (C=O) groups is 1. The van der Waals surface area contributed by atoms with E-state index in [1.807, 2.05) is 24.3 Å². The predicted molar refractivity (Wildman–Crippen MR) is 122 cm³/mol. The molecule has 0 unspecified atom stereocenters. The van der Waals surface area contributed by atoms with E-state index in [-0.39, 0.29) is 5.91 Å². The number of ether oxygens (including phenoxy) is 4. The Morgan fingerprint density at radius 1 is 0.879 bits per heavy atom. The molecule has 1 amide bonds. The van der Waals surface area contributed by atoms with Crippen molar-refractivity contribution in [3.05, 3.63) is 42.6 Å². The highest BCUT2D eigenvalue weighted by Crippen LogP contribution is 2.41. The number of hydrogen-bond donors (Lipinski definition) is 1. The van der Waals surface area contributed by atoms with Gasteiger partial charge in [0.05, 0.1) is 39.8 Å². The molecule has 170 valence electrons. The van der Waals surface area contributed by atoms with Crippen molar-refractivity contribution in [2.45, 2.75) is 6.92 Å². The van der Waals surface area contributed by atoms with E-state index in [0.29, 0.717) is 45.9 Å². The van der Waals surface area contributed by atoms with Gasteiger partial charge in [0.1, 0.15) is 5.75 Å². The number of nitrogens with zero attached hydrogens (tertiary/aromatic N) is 4. The van der Waals surface area contributed by atoms with Gasteiger partial charge >= 0.3 is 0 Å². The number of fused-ring (bicyclic) bond motifs is 1. The standard InChI is InChI=1S/C23H23N5O5/c1-13(29)25-16-10-14(6-7-18(16)30-2)22-26-23-24-9-8-17(28(23)27-22)15-11-19(31-3)21(33-5)20(12-15)32-4/h6-12H,1-5H3,(H,25,29). The van der Waals surface area contributed by atoms with Gasteiger partial charge in [-0.25, -0.2) is 4.98 Å². The molecule has 0 aliphatic heterocycles. The summed E-state index contributed by atoms with van der Waals surface area (Å²) in [7, 11) is 6.22. The summed E-state index contributed by atoms with van der Waals surface area (Å²) in [6.45, 7) is 1.43. The minimum absolute atomic E-state index is 0.209. The summed E-state index contributed by atoms with van der Waals surface area (Å²) in [6.07, 6.45) is 1.66. The summed E-state index contributed by atoms with van der Waals surface area (Å²) in [5.41, 5.74) is 2.73. The average Bonchev–Trinajstić information content (AvgIpc) is 3.27. The first-order valence-corrected chi connectivity index (χ1v) is 9.97. The molecule has 0 fully saturated rings. The maximum absolute atomic E-state index is 11.6. The Morgan fingerprint density at radius 2 is 1.58 bits per heavy atom. The first kappa shape index (κ1) is 21.9. The van der Waals surface area contributed by atoms with Crippen LogP contribution in [0.2, 0.25) is 0 Å². The number of anilines is 1. The fourth-order valence-corrected chi connectivity index (χ4v) is 3.50. The third-order valence-electron chi connectivity index (χ3n) is 4.97. The second-order valence-electron chi connectivity index (χ2n) is 6.99. The molecule has 0 radical (unpaired) electrons. The van der Waals surface area contributed by atoms with Crippen LogP contribution in [-0.2, 0) is 4.79 Å². The predicted octanol–water partition coefficient (Wildman–Crippen LogP) is 3.45. The van der Waals surface area contributed by atoms with E-state index in [4.69, 9.17) is 18.9 Å². The fraction of sp³-hybridized carbons (Fsp3) is 0.217. The smallest absolute Gasteiger partial charge is 0.253 e. The van der Waals surface area contributed by atoms with Gasteiger partial charge in [-0.15, -0.1) is 5.10 Å². The van der Waals surface area contributed by atoms with Crippen LogP contribution in [0.5, 0.6) is 23.0 Å². The van der Waals surface area contributed by atoms with Crippen molar-refractivity contribution in [2.75, 3.05) is 33.8 Å². The van der Waals surface area contributed by atoms with E-state index in [1.54, 1.807) is 44.2 Å².